The van der Waals surface area contributed by atoms with Gasteiger partial charge in [0.2, 0.25) is 0 Å². The van der Waals surface area contributed by atoms with Crippen LogP contribution in [-0.4, -0.2) is 29.2 Å². The van der Waals surface area contributed by atoms with Gasteiger partial charge in [-0.05, 0) is 64.3 Å². The second-order valence-electron chi connectivity index (χ2n) is 7.03. The molecule has 1 amide bonds. The number of ether oxygens (including phenoxy) is 1. The monoisotopic (exact) mass is 353 g/mol. The van der Waals surface area contributed by atoms with Crippen LogP contribution < -0.4 is 0 Å². The number of carbonyl (C=O) groups is 1. The molecule has 1 unspecified atom stereocenters. The van der Waals surface area contributed by atoms with Crippen LogP contribution in [0.3, 0.4) is 0 Å². The summed E-state index contributed by atoms with van der Waals surface area (Å²) in [5.41, 5.74) is -0.797. The van der Waals surface area contributed by atoms with Crippen molar-refractivity contribution >= 4 is 6.09 Å². The van der Waals surface area contributed by atoms with E-state index in [1.165, 1.54) is 12.1 Å². The van der Waals surface area contributed by atoms with Crippen LogP contribution in [0.25, 0.3) is 0 Å². The summed E-state index contributed by atoms with van der Waals surface area (Å²) in [5, 5.41) is 0. The fourth-order valence-corrected chi connectivity index (χ4v) is 2.53. The van der Waals surface area contributed by atoms with Crippen molar-refractivity contribution in [3.05, 3.63) is 35.4 Å². The van der Waals surface area contributed by atoms with Gasteiger partial charge in [0.25, 0.3) is 0 Å². The van der Waals surface area contributed by atoms with Crippen LogP contribution in [0.15, 0.2) is 24.3 Å². The predicted molar refractivity (Wildman–Crippen MR) is 88.9 cm³/mol. The van der Waals surface area contributed by atoms with Crippen molar-refractivity contribution < 1.29 is 22.7 Å². The Morgan fingerprint density at radius 3 is 2.36 bits per heavy atom. The maximum atomic E-state index is 12.6. The van der Waals surface area contributed by atoms with E-state index in [4.69, 9.17) is 4.74 Å². The number of amides is 1. The van der Waals surface area contributed by atoms with Crippen molar-refractivity contribution in [3.63, 3.8) is 0 Å². The van der Waals surface area contributed by atoms with Gasteiger partial charge in [0.1, 0.15) is 5.60 Å². The molecule has 1 saturated heterocycles. The van der Waals surface area contributed by atoms with E-state index in [-0.39, 0.29) is 6.04 Å². The predicted octanol–water partition coefficient (Wildman–Crippen LogP) is 4.85. The molecule has 0 spiro atoms. The van der Waals surface area contributed by atoms with E-state index >= 15 is 0 Å². The number of nitrogens with zero attached hydrogens (tertiary/aromatic N) is 1. The molecule has 1 aromatic rings. The minimum atomic E-state index is -4.36. The Morgan fingerprint density at radius 2 is 1.80 bits per heavy atom. The van der Waals surface area contributed by atoms with Gasteiger partial charge in [0, 0.05) is 12.1 Å². The number of benzene rings is 1. The van der Waals surface area contributed by atoms with E-state index in [2.05, 4.69) is 11.8 Å². The lowest BCUT2D eigenvalue weighted by molar-refractivity contribution is -0.137. The van der Waals surface area contributed by atoms with Gasteiger partial charge in [0.05, 0.1) is 11.6 Å². The highest BCUT2D eigenvalue weighted by molar-refractivity contribution is 5.69. The fraction of sp³-hybridized carbons (Fsp3) is 0.526. The lowest BCUT2D eigenvalue weighted by Gasteiger charge is -2.34. The third-order valence-corrected chi connectivity index (χ3v) is 3.73. The normalized spacial score (nSPS) is 18.3. The molecule has 0 N–H and O–H groups in total. The first kappa shape index (κ1) is 19.2. The van der Waals surface area contributed by atoms with Crippen LogP contribution in [0.2, 0.25) is 0 Å². The molecule has 0 aromatic heterocycles. The van der Waals surface area contributed by atoms with Crippen molar-refractivity contribution in [1.82, 2.24) is 4.90 Å². The Balaban J connectivity index is 2.12. The van der Waals surface area contributed by atoms with Crippen molar-refractivity contribution in [2.24, 2.45) is 0 Å². The Labute approximate surface area is 146 Å². The lowest BCUT2D eigenvalue weighted by Crippen LogP contribution is -2.45. The topological polar surface area (TPSA) is 29.5 Å². The molecular weight excluding hydrogens is 331 g/mol. The second kappa shape index (κ2) is 7.38. The number of hydrogen-bond acceptors (Lipinski definition) is 2. The average Bonchev–Trinajstić information content (AvgIpc) is 2.51. The smallest absolute Gasteiger partial charge is 0.416 e. The lowest BCUT2D eigenvalue weighted by atomic mass is 10.0. The molecule has 6 heteroatoms. The van der Waals surface area contributed by atoms with Crippen LogP contribution in [0, 0.1) is 11.8 Å². The number of hydrogen-bond donors (Lipinski definition) is 0. The minimum Gasteiger partial charge on any atom is -0.444 e. The molecule has 1 aromatic carbocycles. The van der Waals surface area contributed by atoms with Crippen LogP contribution in [0.1, 0.15) is 51.2 Å². The summed E-state index contributed by atoms with van der Waals surface area (Å²) >= 11 is 0. The van der Waals surface area contributed by atoms with Gasteiger partial charge < -0.3 is 4.74 Å². The maximum absolute atomic E-state index is 12.6. The first-order chi connectivity index (χ1) is 11.6. The van der Waals surface area contributed by atoms with Gasteiger partial charge >= 0.3 is 12.3 Å². The highest BCUT2D eigenvalue weighted by atomic mass is 19.4. The first-order valence-corrected chi connectivity index (χ1v) is 8.25. The Morgan fingerprint density at radius 1 is 1.16 bits per heavy atom. The zero-order chi connectivity index (χ0) is 18.7. The summed E-state index contributed by atoms with van der Waals surface area (Å²) in [5.74, 6) is 5.88. The Hall–Kier alpha value is -2.16. The average molecular weight is 353 g/mol. The molecule has 0 saturated carbocycles. The van der Waals surface area contributed by atoms with Gasteiger partial charge in [-0.1, -0.05) is 11.8 Å². The summed E-state index contributed by atoms with van der Waals surface area (Å²) in [7, 11) is 0. The summed E-state index contributed by atoms with van der Waals surface area (Å²) in [6, 6.07) is 4.42. The van der Waals surface area contributed by atoms with Crippen molar-refractivity contribution in [1.29, 1.82) is 0 Å². The molecule has 1 fully saturated rings. The molecule has 2 rings (SSSR count). The van der Waals surface area contributed by atoms with E-state index in [0.29, 0.717) is 12.1 Å². The summed E-state index contributed by atoms with van der Waals surface area (Å²) < 4.78 is 43.1. The Bertz CT molecular complexity index is 663. The fourth-order valence-electron chi connectivity index (χ4n) is 2.53. The van der Waals surface area contributed by atoms with Crippen molar-refractivity contribution in [2.45, 2.75) is 57.9 Å². The highest BCUT2D eigenvalue weighted by Gasteiger charge is 2.30. The van der Waals surface area contributed by atoms with Crippen molar-refractivity contribution in [3.8, 4) is 11.8 Å². The molecule has 1 heterocycles. The number of piperidine rings is 1. The molecule has 1 atom stereocenters. The SMILES string of the molecule is CC(C)(C)OC(=O)N1CCCCC1C#Cc1ccc(C(F)(F)F)cc1. The van der Waals surface area contributed by atoms with E-state index in [1.54, 1.807) is 25.7 Å². The quantitative estimate of drug-likeness (QED) is 0.624. The van der Waals surface area contributed by atoms with Gasteiger partial charge in [-0.15, -0.1) is 0 Å². The molecule has 1 aliphatic heterocycles. The molecule has 1 aliphatic rings. The Kier molecular flexibility index (Phi) is 5.66. The molecule has 3 nitrogen and oxygen atoms in total. The third kappa shape index (κ3) is 5.70. The maximum Gasteiger partial charge on any atom is 0.416 e. The van der Waals surface area contributed by atoms with E-state index in [9.17, 15) is 18.0 Å². The highest BCUT2D eigenvalue weighted by Crippen LogP contribution is 2.29. The molecule has 0 aliphatic carbocycles. The molecular formula is C19H22F3NO2. The zero-order valence-electron chi connectivity index (χ0n) is 14.6. The summed E-state index contributed by atoms with van der Waals surface area (Å²) in [6.07, 6.45) is -2.20. The number of alkyl halides is 3. The van der Waals surface area contributed by atoms with Gasteiger partial charge in [0.15, 0.2) is 0 Å². The molecule has 0 radical (unpaired) electrons. The van der Waals surface area contributed by atoms with Gasteiger partial charge in [-0.2, -0.15) is 13.2 Å². The van der Waals surface area contributed by atoms with Crippen molar-refractivity contribution in [2.75, 3.05) is 6.54 Å². The largest absolute Gasteiger partial charge is 0.444 e. The molecule has 136 valence electrons. The number of likely N-dealkylation sites (tertiary alicyclic amines) is 1. The standard InChI is InChI=1S/C19H22F3NO2/c1-18(2,3)25-17(24)23-13-5-4-6-16(23)12-9-14-7-10-15(11-8-14)19(20,21)22/h7-8,10-11,16H,4-6,13H2,1-3H3. The third-order valence-electron chi connectivity index (χ3n) is 3.73. The minimum absolute atomic E-state index is 0.286. The second-order valence-corrected chi connectivity index (χ2v) is 7.03. The molecule has 0 bridgehead atoms. The first-order valence-electron chi connectivity index (χ1n) is 8.25. The van der Waals surface area contributed by atoms with E-state index < -0.39 is 23.4 Å². The van der Waals surface area contributed by atoms with Crippen LogP contribution >= 0.6 is 0 Å². The van der Waals surface area contributed by atoms with Crippen LogP contribution in [0.5, 0.6) is 0 Å². The molecule has 25 heavy (non-hydrogen) atoms. The van der Waals surface area contributed by atoms with E-state index in [1.807, 2.05) is 0 Å². The van der Waals surface area contributed by atoms with Crippen LogP contribution in [0.4, 0.5) is 18.0 Å². The number of halogens is 3. The number of rotatable bonds is 0. The number of carbonyl (C=O) groups excluding carboxylic acids is 1. The zero-order valence-corrected chi connectivity index (χ0v) is 14.6. The summed E-state index contributed by atoms with van der Waals surface area (Å²) in [6.45, 7) is 5.98. The van der Waals surface area contributed by atoms with Crippen LogP contribution in [-0.2, 0) is 10.9 Å². The summed E-state index contributed by atoms with van der Waals surface area (Å²) in [4.78, 5) is 13.9. The van der Waals surface area contributed by atoms with E-state index in [0.717, 1.165) is 31.4 Å². The van der Waals surface area contributed by atoms with Gasteiger partial charge in [-0.3, -0.25) is 4.90 Å². The van der Waals surface area contributed by atoms with Gasteiger partial charge in [-0.25, -0.2) is 4.79 Å².